The van der Waals surface area contributed by atoms with Gasteiger partial charge >= 0.3 is 0 Å². The van der Waals surface area contributed by atoms with Crippen molar-refractivity contribution in [3.05, 3.63) is 0 Å². The monoisotopic (exact) mass is 270 g/mol. The van der Waals surface area contributed by atoms with Gasteiger partial charge in [0.25, 0.3) is 0 Å². The molecule has 18 heavy (non-hydrogen) atoms. The highest BCUT2D eigenvalue weighted by molar-refractivity contribution is 7.52. The van der Waals surface area contributed by atoms with E-state index in [1.165, 1.54) is 37.6 Å². The summed E-state index contributed by atoms with van der Waals surface area (Å²) in [5.74, 6) is 0.486. The molecule has 1 fully saturated rings. The fourth-order valence-corrected chi connectivity index (χ4v) is 3.52. The minimum atomic E-state index is 0.486. The number of aliphatic imine (C=N–C) groups is 1. The SMILES string of the molecule is C=[N+](C)PC(=NC)C(C)C(C)NC1CCCCC1. The molecule has 1 rings (SSSR count). The van der Waals surface area contributed by atoms with Crippen LogP contribution in [-0.2, 0) is 0 Å². The van der Waals surface area contributed by atoms with Crippen LogP contribution in [0.5, 0.6) is 0 Å². The standard InChI is InChI=1S/C14H29N3P/c1-11(14(15-3)18-17(4)5)12(2)16-13-9-7-6-8-10-13/h11-13,16,18H,4,6-10H2,1-3,5H3/q+1. The van der Waals surface area contributed by atoms with Crippen LogP contribution in [0, 0.1) is 5.92 Å². The molecule has 1 aliphatic carbocycles. The van der Waals surface area contributed by atoms with Crippen LogP contribution in [0.15, 0.2) is 4.99 Å². The molecule has 0 aromatic heterocycles. The number of rotatable bonds is 6. The number of hydrogen-bond donors (Lipinski definition) is 1. The van der Waals surface area contributed by atoms with Crippen molar-refractivity contribution in [1.29, 1.82) is 0 Å². The molecule has 1 aliphatic rings. The summed E-state index contributed by atoms with van der Waals surface area (Å²) in [6.07, 6.45) is 6.87. The third-order valence-corrected chi connectivity index (χ3v) is 5.12. The van der Waals surface area contributed by atoms with Gasteiger partial charge in [-0.25, -0.2) is 4.35 Å². The van der Waals surface area contributed by atoms with Crippen LogP contribution in [-0.4, -0.2) is 42.7 Å². The molecule has 1 N–H and O–H groups in total. The van der Waals surface area contributed by atoms with Crippen LogP contribution in [0.4, 0.5) is 0 Å². The zero-order valence-corrected chi connectivity index (χ0v) is 13.4. The van der Waals surface area contributed by atoms with Crippen LogP contribution in [0.25, 0.3) is 0 Å². The second kappa shape index (κ2) is 8.01. The summed E-state index contributed by atoms with van der Waals surface area (Å²) in [7, 11) is 4.51. The summed E-state index contributed by atoms with van der Waals surface area (Å²) in [5, 5.41) is 3.79. The quantitative estimate of drug-likeness (QED) is 0.583. The van der Waals surface area contributed by atoms with Crippen LogP contribution in [0.2, 0.25) is 0 Å². The van der Waals surface area contributed by atoms with Gasteiger partial charge in [0.05, 0.1) is 0 Å². The molecule has 0 aliphatic heterocycles. The molecule has 3 unspecified atom stereocenters. The van der Waals surface area contributed by atoms with Gasteiger partial charge in [0.1, 0.15) is 19.2 Å². The van der Waals surface area contributed by atoms with E-state index in [2.05, 4.69) is 30.9 Å². The first-order chi connectivity index (χ1) is 8.54. The topological polar surface area (TPSA) is 27.4 Å². The molecule has 104 valence electrons. The zero-order chi connectivity index (χ0) is 13.5. The molecule has 0 aromatic rings. The Balaban J connectivity index is 2.47. The van der Waals surface area contributed by atoms with Crippen molar-refractivity contribution in [1.82, 2.24) is 5.32 Å². The lowest BCUT2D eigenvalue weighted by atomic mass is 9.93. The summed E-state index contributed by atoms with van der Waals surface area (Å²) in [4.78, 5) is 4.45. The molecule has 1 saturated carbocycles. The van der Waals surface area contributed by atoms with E-state index in [-0.39, 0.29) is 0 Å². The minimum absolute atomic E-state index is 0.486. The van der Waals surface area contributed by atoms with E-state index in [9.17, 15) is 0 Å². The van der Waals surface area contributed by atoms with Gasteiger partial charge in [-0.05, 0) is 19.8 Å². The lowest BCUT2D eigenvalue weighted by Crippen LogP contribution is -2.43. The molecule has 0 spiro atoms. The molecule has 0 saturated heterocycles. The van der Waals surface area contributed by atoms with Gasteiger partial charge in [0, 0.05) is 25.0 Å². The summed E-state index contributed by atoms with van der Waals surface area (Å²) in [6.45, 7) is 8.49. The van der Waals surface area contributed by atoms with Gasteiger partial charge < -0.3 is 5.32 Å². The van der Waals surface area contributed by atoms with E-state index in [4.69, 9.17) is 0 Å². The van der Waals surface area contributed by atoms with Crippen LogP contribution >= 0.6 is 8.73 Å². The third-order valence-electron chi connectivity index (χ3n) is 3.83. The Labute approximate surface area is 114 Å². The van der Waals surface area contributed by atoms with Gasteiger partial charge in [0.15, 0.2) is 0 Å². The molecular formula is C14H29N3P+. The largest absolute Gasteiger partial charge is 0.311 e. The normalized spacial score (nSPS) is 22.3. The van der Waals surface area contributed by atoms with Crippen LogP contribution < -0.4 is 5.32 Å². The van der Waals surface area contributed by atoms with Crippen molar-refractivity contribution in [2.45, 2.75) is 58.0 Å². The second-order valence-corrected chi connectivity index (χ2v) is 7.00. The maximum atomic E-state index is 4.45. The number of nitrogens with one attached hydrogen (secondary N) is 1. The maximum Gasteiger partial charge on any atom is 0.212 e. The van der Waals surface area contributed by atoms with Gasteiger partial charge in [-0.3, -0.25) is 4.99 Å². The van der Waals surface area contributed by atoms with Crippen molar-refractivity contribution in [2.24, 2.45) is 10.9 Å². The first kappa shape index (κ1) is 15.8. The summed E-state index contributed by atoms with van der Waals surface area (Å²) in [6, 6.07) is 1.22. The molecule has 4 heteroatoms. The molecule has 0 radical (unpaired) electrons. The minimum Gasteiger partial charge on any atom is -0.311 e. The van der Waals surface area contributed by atoms with Gasteiger partial charge in [-0.15, -0.1) is 0 Å². The highest BCUT2D eigenvalue weighted by atomic mass is 31.1. The van der Waals surface area contributed by atoms with E-state index < -0.39 is 0 Å². The van der Waals surface area contributed by atoms with Crippen LogP contribution in [0.1, 0.15) is 46.0 Å². The Morgan fingerprint density at radius 3 is 2.44 bits per heavy atom. The Kier molecular flexibility index (Phi) is 7.03. The second-order valence-electron chi connectivity index (χ2n) is 5.50. The average molecular weight is 270 g/mol. The molecule has 0 aromatic carbocycles. The van der Waals surface area contributed by atoms with E-state index >= 15 is 0 Å². The lowest BCUT2D eigenvalue weighted by molar-refractivity contribution is -0.303. The Morgan fingerprint density at radius 2 is 1.94 bits per heavy atom. The first-order valence-corrected chi connectivity index (χ1v) is 8.03. The summed E-state index contributed by atoms with van der Waals surface area (Å²) >= 11 is 0. The summed E-state index contributed by atoms with van der Waals surface area (Å²) in [5.41, 5.74) is 1.27. The van der Waals surface area contributed by atoms with E-state index in [0.29, 0.717) is 20.7 Å². The molecular weight excluding hydrogens is 241 g/mol. The number of nitrogens with zero attached hydrogens (tertiary/aromatic N) is 2. The fourth-order valence-electron chi connectivity index (χ4n) is 2.57. The highest BCUT2D eigenvalue weighted by Crippen LogP contribution is 2.24. The fraction of sp³-hybridized carbons (Fsp3) is 0.857. The highest BCUT2D eigenvalue weighted by Gasteiger charge is 2.24. The predicted octanol–water partition coefficient (Wildman–Crippen LogP) is 2.90. The predicted molar refractivity (Wildman–Crippen MR) is 83.6 cm³/mol. The van der Waals surface area contributed by atoms with Crippen LogP contribution in [0.3, 0.4) is 0 Å². The van der Waals surface area contributed by atoms with E-state index in [1.807, 2.05) is 18.4 Å². The first-order valence-electron chi connectivity index (χ1n) is 7.08. The molecule has 0 heterocycles. The van der Waals surface area contributed by atoms with Crippen molar-refractivity contribution in [3.63, 3.8) is 0 Å². The van der Waals surface area contributed by atoms with E-state index in [0.717, 1.165) is 6.04 Å². The van der Waals surface area contributed by atoms with Crippen molar-refractivity contribution < 1.29 is 4.35 Å². The lowest BCUT2D eigenvalue weighted by Gasteiger charge is -2.29. The number of hydrogen-bond acceptors (Lipinski definition) is 2. The van der Waals surface area contributed by atoms with Gasteiger partial charge in [-0.2, -0.15) is 0 Å². The van der Waals surface area contributed by atoms with Gasteiger partial charge in [-0.1, -0.05) is 26.2 Å². The third kappa shape index (κ3) is 5.16. The summed E-state index contributed by atoms with van der Waals surface area (Å²) < 4.78 is 1.98. The van der Waals surface area contributed by atoms with Crippen molar-refractivity contribution >= 4 is 20.9 Å². The van der Waals surface area contributed by atoms with Gasteiger partial charge in [0.2, 0.25) is 8.73 Å². The molecule has 3 atom stereocenters. The Hall–Kier alpha value is -0.270. The zero-order valence-electron chi connectivity index (χ0n) is 12.4. The molecule has 3 nitrogen and oxygen atoms in total. The maximum absolute atomic E-state index is 4.45. The Morgan fingerprint density at radius 1 is 1.33 bits per heavy atom. The average Bonchev–Trinajstić information content (AvgIpc) is 2.36. The smallest absolute Gasteiger partial charge is 0.212 e. The van der Waals surface area contributed by atoms with E-state index in [1.54, 1.807) is 0 Å². The van der Waals surface area contributed by atoms with Crippen molar-refractivity contribution in [3.8, 4) is 0 Å². The molecule has 0 bridgehead atoms. The van der Waals surface area contributed by atoms with Crippen molar-refractivity contribution in [2.75, 3.05) is 14.1 Å². The Bertz CT molecular complexity index is 295. The molecule has 0 amide bonds.